The molecule has 0 aliphatic heterocycles. The average Bonchev–Trinajstić information content (AvgIpc) is 2.29. The van der Waals surface area contributed by atoms with Crippen LogP contribution in [0.2, 0.25) is 0 Å². The van der Waals surface area contributed by atoms with E-state index in [0.29, 0.717) is 0 Å². The molecular formula is C12H19FO5. The molecule has 0 N–H and O–H groups in total. The Kier molecular flexibility index (Phi) is 6.51. The van der Waals surface area contributed by atoms with Gasteiger partial charge in [0, 0.05) is 6.42 Å². The van der Waals surface area contributed by atoms with Gasteiger partial charge in [-0.2, -0.15) is 0 Å². The van der Waals surface area contributed by atoms with Crippen LogP contribution in [0.3, 0.4) is 0 Å². The van der Waals surface area contributed by atoms with Gasteiger partial charge in [0.2, 0.25) is 0 Å². The fourth-order valence-electron chi connectivity index (χ4n) is 1.34. The predicted molar refractivity (Wildman–Crippen MR) is 61.6 cm³/mol. The summed E-state index contributed by atoms with van der Waals surface area (Å²) in [4.78, 5) is 34.3. The van der Waals surface area contributed by atoms with Crippen molar-refractivity contribution in [2.45, 2.75) is 40.3 Å². The summed E-state index contributed by atoms with van der Waals surface area (Å²) in [5.41, 5.74) is -1.66. The number of halogens is 1. The minimum Gasteiger partial charge on any atom is -0.465 e. The molecule has 0 aromatic carbocycles. The molecule has 0 spiro atoms. The van der Waals surface area contributed by atoms with Crippen LogP contribution in [0.5, 0.6) is 0 Å². The van der Waals surface area contributed by atoms with E-state index in [1.54, 1.807) is 13.8 Å². The molecule has 0 amide bonds. The van der Waals surface area contributed by atoms with E-state index in [-0.39, 0.29) is 13.2 Å². The van der Waals surface area contributed by atoms with Crippen molar-refractivity contribution in [3.05, 3.63) is 0 Å². The molecule has 0 saturated carbocycles. The summed E-state index contributed by atoms with van der Waals surface area (Å²) in [5, 5.41) is 0. The SMILES string of the molecule is CCOC(=O)C(F)CC(C)(C(C)=O)C(=O)OCC. The summed E-state index contributed by atoms with van der Waals surface area (Å²) in [7, 11) is 0. The normalized spacial score (nSPS) is 15.4. The molecule has 0 bridgehead atoms. The van der Waals surface area contributed by atoms with E-state index in [0.717, 1.165) is 6.92 Å². The lowest BCUT2D eigenvalue weighted by Crippen LogP contribution is -2.40. The molecular weight excluding hydrogens is 243 g/mol. The molecule has 6 heteroatoms. The lowest BCUT2D eigenvalue weighted by atomic mass is 9.81. The number of ketones is 1. The van der Waals surface area contributed by atoms with Crippen molar-refractivity contribution in [2.24, 2.45) is 5.41 Å². The first kappa shape index (κ1) is 16.5. The van der Waals surface area contributed by atoms with Crippen molar-refractivity contribution in [1.29, 1.82) is 0 Å². The van der Waals surface area contributed by atoms with E-state index >= 15 is 0 Å². The smallest absolute Gasteiger partial charge is 0.340 e. The molecule has 0 heterocycles. The van der Waals surface area contributed by atoms with Gasteiger partial charge in [0.1, 0.15) is 11.2 Å². The molecule has 5 nitrogen and oxygen atoms in total. The van der Waals surface area contributed by atoms with Gasteiger partial charge in [-0.25, -0.2) is 9.18 Å². The van der Waals surface area contributed by atoms with Crippen LogP contribution < -0.4 is 0 Å². The molecule has 0 aromatic rings. The standard InChI is InChI=1S/C12H19FO5/c1-5-17-10(15)9(13)7-12(4,8(3)14)11(16)18-6-2/h9H,5-7H2,1-4H3. The Morgan fingerprint density at radius 2 is 1.67 bits per heavy atom. The lowest BCUT2D eigenvalue weighted by molar-refractivity contribution is -0.162. The zero-order valence-electron chi connectivity index (χ0n) is 11.1. The van der Waals surface area contributed by atoms with E-state index in [1.807, 2.05) is 0 Å². The van der Waals surface area contributed by atoms with Crippen molar-refractivity contribution < 1.29 is 28.2 Å². The third-order valence-corrected chi connectivity index (χ3v) is 2.63. The fourth-order valence-corrected chi connectivity index (χ4v) is 1.34. The number of Topliss-reactive ketones (excluding diaryl/α,β-unsaturated/α-hetero) is 1. The van der Waals surface area contributed by atoms with Crippen molar-refractivity contribution in [3.63, 3.8) is 0 Å². The van der Waals surface area contributed by atoms with Crippen molar-refractivity contribution in [1.82, 2.24) is 0 Å². The van der Waals surface area contributed by atoms with Crippen LogP contribution in [0.15, 0.2) is 0 Å². The second-order valence-corrected chi connectivity index (χ2v) is 4.03. The lowest BCUT2D eigenvalue weighted by Gasteiger charge is -2.25. The highest BCUT2D eigenvalue weighted by Gasteiger charge is 2.44. The molecule has 0 fully saturated rings. The average molecular weight is 262 g/mol. The summed E-state index contributed by atoms with van der Waals surface area (Å²) in [6.45, 7) is 5.66. The number of carbonyl (C=O) groups excluding carboxylic acids is 3. The van der Waals surface area contributed by atoms with Gasteiger partial charge in [0.15, 0.2) is 6.17 Å². The van der Waals surface area contributed by atoms with Gasteiger partial charge in [-0.1, -0.05) is 0 Å². The highest BCUT2D eigenvalue weighted by molar-refractivity contribution is 6.02. The molecule has 0 saturated heterocycles. The third-order valence-electron chi connectivity index (χ3n) is 2.63. The van der Waals surface area contributed by atoms with Crippen LogP contribution in [-0.4, -0.2) is 37.1 Å². The number of esters is 2. The Balaban J connectivity index is 4.87. The second-order valence-electron chi connectivity index (χ2n) is 4.03. The van der Waals surface area contributed by atoms with Crippen LogP contribution in [0.1, 0.15) is 34.1 Å². The van der Waals surface area contributed by atoms with Crippen LogP contribution >= 0.6 is 0 Å². The Labute approximate surface area is 106 Å². The maximum absolute atomic E-state index is 13.6. The van der Waals surface area contributed by atoms with Crippen LogP contribution in [0.25, 0.3) is 0 Å². The number of rotatable bonds is 7. The van der Waals surface area contributed by atoms with E-state index in [4.69, 9.17) is 4.74 Å². The van der Waals surface area contributed by atoms with E-state index in [1.165, 1.54) is 6.92 Å². The third kappa shape index (κ3) is 4.09. The van der Waals surface area contributed by atoms with Gasteiger partial charge >= 0.3 is 11.9 Å². The van der Waals surface area contributed by atoms with Gasteiger partial charge < -0.3 is 9.47 Å². The summed E-state index contributed by atoms with van der Waals surface area (Å²) >= 11 is 0. The number of carbonyl (C=O) groups is 3. The quantitative estimate of drug-likeness (QED) is 0.513. The Hall–Kier alpha value is -1.46. The number of ether oxygens (including phenoxy) is 2. The van der Waals surface area contributed by atoms with Gasteiger partial charge in [-0.15, -0.1) is 0 Å². The molecule has 0 aliphatic carbocycles. The molecule has 2 atom stereocenters. The van der Waals surface area contributed by atoms with Gasteiger partial charge in [-0.3, -0.25) is 9.59 Å². The van der Waals surface area contributed by atoms with Gasteiger partial charge in [0.05, 0.1) is 13.2 Å². The molecule has 104 valence electrons. The van der Waals surface area contributed by atoms with Crippen molar-refractivity contribution in [3.8, 4) is 0 Å². The van der Waals surface area contributed by atoms with Crippen molar-refractivity contribution >= 4 is 17.7 Å². The Bertz CT molecular complexity index is 328. The van der Waals surface area contributed by atoms with Gasteiger partial charge in [0.25, 0.3) is 0 Å². The van der Waals surface area contributed by atoms with E-state index < -0.39 is 35.7 Å². The number of hydrogen-bond acceptors (Lipinski definition) is 5. The highest BCUT2D eigenvalue weighted by atomic mass is 19.1. The van der Waals surface area contributed by atoms with Gasteiger partial charge in [-0.05, 0) is 27.7 Å². The summed E-state index contributed by atoms with van der Waals surface area (Å²) in [6.07, 6.45) is -2.59. The molecule has 0 aliphatic rings. The predicted octanol–water partition coefficient (Wildman–Crippen LogP) is 1.44. The second kappa shape index (κ2) is 7.08. The molecule has 0 aromatic heterocycles. The first-order chi connectivity index (χ1) is 8.29. The van der Waals surface area contributed by atoms with E-state index in [2.05, 4.69) is 4.74 Å². The Morgan fingerprint density at radius 1 is 1.17 bits per heavy atom. The maximum Gasteiger partial charge on any atom is 0.340 e. The molecule has 0 radical (unpaired) electrons. The van der Waals surface area contributed by atoms with Crippen LogP contribution in [-0.2, 0) is 23.9 Å². The van der Waals surface area contributed by atoms with Crippen LogP contribution in [0, 0.1) is 5.41 Å². The Morgan fingerprint density at radius 3 is 2.06 bits per heavy atom. The maximum atomic E-state index is 13.6. The first-order valence-electron chi connectivity index (χ1n) is 5.78. The molecule has 0 rings (SSSR count). The van der Waals surface area contributed by atoms with E-state index in [9.17, 15) is 18.8 Å². The van der Waals surface area contributed by atoms with Crippen LogP contribution in [0.4, 0.5) is 4.39 Å². The molecule has 18 heavy (non-hydrogen) atoms. The summed E-state index contributed by atoms with van der Waals surface area (Å²) in [6, 6.07) is 0. The number of alkyl halides is 1. The largest absolute Gasteiger partial charge is 0.465 e. The fraction of sp³-hybridized carbons (Fsp3) is 0.750. The highest BCUT2D eigenvalue weighted by Crippen LogP contribution is 2.28. The minimum absolute atomic E-state index is 0.0371. The topological polar surface area (TPSA) is 69.7 Å². The first-order valence-corrected chi connectivity index (χ1v) is 5.78. The number of hydrogen-bond donors (Lipinski definition) is 0. The molecule has 2 unspecified atom stereocenters. The minimum atomic E-state index is -2.02. The van der Waals surface area contributed by atoms with Crippen molar-refractivity contribution in [2.75, 3.05) is 13.2 Å². The summed E-state index contributed by atoms with van der Waals surface area (Å²) in [5.74, 6) is -2.45. The monoisotopic (exact) mass is 262 g/mol. The zero-order valence-corrected chi connectivity index (χ0v) is 11.1. The zero-order chi connectivity index (χ0) is 14.3. The summed E-state index contributed by atoms with van der Waals surface area (Å²) < 4.78 is 22.8.